The summed E-state index contributed by atoms with van der Waals surface area (Å²) >= 11 is 18.7. The zero-order chi connectivity index (χ0) is 14.0. The lowest BCUT2D eigenvalue weighted by molar-refractivity contribution is 0.624. The Labute approximate surface area is 138 Å². The molecule has 0 saturated carbocycles. The molecule has 0 N–H and O–H groups in total. The van der Waals surface area contributed by atoms with Crippen LogP contribution in [0.2, 0.25) is 10.0 Å². The van der Waals surface area contributed by atoms with E-state index in [2.05, 4.69) is 31.9 Å². The van der Waals surface area contributed by atoms with Crippen LogP contribution in [0.25, 0.3) is 0 Å². The van der Waals surface area contributed by atoms with Crippen LogP contribution >= 0.6 is 55.1 Å². The first-order chi connectivity index (χ1) is 8.95. The fraction of sp³-hybridized carbons (Fsp3) is 0.143. The van der Waals surface area contributed by atoms with Crippen LogP contribution in [0.1, 0.15) is 16.0 Å². The molecular weight excluding hydrogens is 418 g/mol. The maximum atomic E-state index is 13.4. The average Bonchev–Trinajstić information content (AvgIpc) is 2.32. The van der Waals surface area contributed by atoms with E-state index in [9.17, 15) is 4.39 Å². The smallest absolute Gasteiger partial charge is 0.124 e. The third-order valence-corrected chi connectivity index (χ3v) is 4.69. The SMILES string of the molecule is Fc1cc(Br)cc(C(Br)Cc2ccc(Cl)c(Cl)c2)c1. The first-order valence-electron chi connectivity index (χ1n) is 5.49. The summed E-state index contributed by atoms with van der Waals surface area (Å²) < 4.78 is 14.1. The zero-order valence-corrected chi connectivity index (χ0v) is 14.3. The van der Waals surface area contributed by atoms with E-state index in [1.165, 1.54) is 12.1 Å². The zero-order valence-electron chi connectivity index (χ0n) is 9.64. The molecule has 1 atom stereocenters. The molecule has 0 fully saturated rings. The minimum Gasteiger partial charge on any atom is -0.207 e. The molecule has 19 heavy (non-hydrogen) atoms. The van der Waals surface area contributed by atoms with Crippen LogP contribution in [-0.4, -0.2) is 0 Å². The highest BCUT2D eigenvalue weighted by atomic mass is 79.9. The van der Waals surface area contributed by atoms with Crippen molar-refractivity contribution in [2.24, 2.45) is 0 Å². The van der Waals surface area contributed by atoms with Crippen molar-refractivity contribution < 1.29 is 4.39 Å². The molecule has 2 rings (SSSR count). The summed E-state index contributed by atoms with van der Waals surface area (Å²) in [4.78, 5) is 0.0109. The predicted molar refractivity (Wildman–Crippen MR) is 85.9 cm³/mol. The van der Waals surface area contributed by atoms with E-state index in [0.717, 1.165) is 15.6 Å². The first kappa shape index (κ1) is 15.3. The third kappa shape index (κ3) is 4.19. The van der Waals surface area contributed by atoms with E-state index in [-0.39, 0.29) is 10.6 Å². The van der Waals surface area contributed by atoms with E-state index >= 15 is 0 Å². The van der Waals surface area contributed by atoms with Crippen molar-refractivity contribution in [1.29, 1.82) is 0 Å². The third-order valence-electron chi connectivity index (χ3n) is 2.65. The van der Waals surface area contributed by atoms with Crippen LogP contribution in [0, 0.1) is 5.82 Å². The maximum absolute atomic E-state index is 13.4. The summed E-state index contributed by atoms with van der Waals surface area (Å²) in [6.45, 7) is 0. The molecule has 0 aliphatic carbocycles. The van der Waals surface area contributed by atoms with Crippen molar-refractivity contribution in [3.8, 4) is 0 Å². The Morgan fingerprint density at radius 2 is 1.79 bits per heavy atom. The molecule has 1 unspecified atom stereocenters. The van der Waals surface area contributed by atoms with Gasteiger partial charge in [0, 0.05) is 9.30 Å². The lowest BCUT2D eigenvalue weighted by Gasteiger charge is -2.12. The topological polar surface area (TPSA) is 0 Å². The second kappa shape index (κ2) is 6.57. The van der Waals surface area contributed by atoms with Gasteiger partial charge in [-0.15, -0.1) is 0 Å². The van der Waals surface area contributed by atoms with Crippen molar-refractivity contribution in [3.05, 3.63) is 67.9 Å². The summed E-state index contributed by atoms with van der Waals surface area (Å²) in [6.07, 6.45) is 0.701. The monoisotopic (exact) mass is 424 g/mol. The van der Waals surface area contributed by atoms with Crippen molar-refractivity contribution in [2.45, 2.75) is 11.2 Å². The van der Waals surface area contributed by atoms with Gasteiger partial charge in [-0.25, -0.2) is 4.39 Å². The van der Waals surface area contributed by atoms with Crippen LogP contribution in [0.3, 0.4) is 0 Å². The Hall–Kier alpha value is -0.0900. The second-order valence-corrected chi connectivity index (χ2v) is 6.96. The van der Waals surface area contributed by atoms with Gasteiger partial charge >= 0.3 is 0 Å². The van der Waals surface area contributed by atoms with E-state index in [0.29, 0.717) is 16.5 Å². The van der Waals surface area contributed by atoms with Gasteiger partial charge in [0.2, 0.25) is 0 Å². The molecular formula is C14H9Br2Cl2F. The van der Waals surface area contributed by atoms with Crippen molar-refractivity contribution in [1.82, 2.24) is 0 Å². The molecule has 0 aromatic heterocycles. The molecule has 0 spiro atoms. The van der Waals surface area contributed by atoms with E-state index in [1.54, 1.807) is 6.07 Å². The van der Waals surface area contributed by atoms with Gasteiger partial charge in [-0.1, -0.05) is 61.1 Å². The highest BCUT2D eigenvalue weighted by molar-refractivity contribution is 9.10. The molecule has 0 heterocycles. The van der Waals surface area contributed by atoms with Gasteiger partial charge in [-0.3, -0.25) is 0 Å². The standard InChI is InChI=1S/C14H9Br2Cl2F/c15-10-5-9(6-11(19)7-10)12(16)3-8-1-2-13(17)14(18)4-8/h1-2,4-7,12H,3H2. The van der Waals surface area contributed by atoms with E-state index in [1.807, 2.05) is 18.2 Å². The number of halogens is 5. The second-order valence-electron chi connectivity index (χ2n) is 4.12. The Morgan fingerprint density at radius 1 is 1.05 bits per heavy atom. The molecule has 0 aliphatic rings. The molecule has 0 saturated heterocycles. The van der Waals surface area contributed by atoms with Crippen molar-refractivity contribution in [3.63, 3.8) is 0 Å². The molecule has 0 radical (unpaired) electrons. The Kier molecular flexibility index (Phi) is 5.29. The minimum atomic E-state index is -0.261. The lowest BCUT2D eigenvalue weighted by atomic mass is 10.0. The maximum Gasteiger partial charge on any atom is 0.124 e. The minimum absolute atomic E-state index is 0.0109. The summed E-state index contributed by atoms with van der Waals surface area (Å²) in [5, 5.41) is 1.06. The molecule has 2 aromatic carbocycles. The Morgan fingerprint density at radius 3 is 2.42 bits per heavy atom. The Balaban J connectivity index is 2.20. The summed E-state index contributed by atoms with van der Waals surface area (Å²) in [6, 6.07) is 10.3. The van der Waals surface area contributed by atoms with Crippen molar-refractivity contribution >= 4 is 55.1 Å². The lowest BCUT2D eigenvalue weighted by Crippen LogP contribution is -1.96. The van der Waals surface area contributed by atoms with Crippen LogP contribution in [0.4, 0.5) is 4.39 Å². The predicted octanol–water partition coefficient (Wildman–Crippen LogP) is 6.57. The number of hydrogen-bond donors (Lipinski definition) is 0. The molecule has 2 aromatic rings. The van der Waals surface area contributed by atoms with Crippen LogP contribution in [0.5, 0.6) is 0 Å². The average molecular weight is 427 g/mol. The summed E-state index contributed by atoms with van der Waals surface area (Å²) in [5.41, 5.74) is 1.91. The van der Waals surface area contributed by atoms with Crippen LogP contribution in [0.15, 0.2) is 40.9 Å². The van der Waals surface area contributed by atoms with Gasteiger partial charge in [-0.05, 0) is 47.9 Å². The molecule has 5 heteroatoms. The van der Waals surface area contributed by atoms with Crippen molar-refractivity contribution in [2.75, 3.05) is 0 Å². The molecule has 100 valence electrons. The first-order valence-corrected chi connectivity index (χ1v) is 7.96. The van der Waals surface area contributed by atoms with Gasteiger partial charge in [0.15, 0.2) is 0 Å². The Bertz CT molecular complexity index is 582. The summed E-state index contributed by atoms with van der Waals surface area (Å²) in [7, 11) is 0. The van der Waals surface area contributed by atoms with Gasteiger partial charge < -0.3 is 0 Å². The van der Waals surface area contributed by atoms with Gasteiger partial charge in [0.05, 0.1) is 10.0 Å². The number of benzene rings is 2. The fourth-order valence-corrected chi connectivity index (χ4v) is 3.19. The van der Waals surface area contributed by atoms with E-state index < -0.39 is 0 Å². The fourth-order valence-electron chi connectivity index (χ4n) is 1.75. The van der Waals surface area contributed by atoms with E-state index in [4.69, 9.17) is 23.2 Å². The van der Waals surface area contributed by atoms with Gasteiger partial charge in [-0.2, -0.15) is 0 Å². The molecule has 0 bridgehead atoms. The van der Waals surface area contributed by atoms with Crippen LogP contribution < -0.4 is 0 Å². The molecule has 0 amide bonds. The van der Waals surface area contributed by atoms with Gasteiger partial charge in [0.1, 0.15) is 5.82 Å². The van der Waals surface area contributed by atoms with Gasteiger partial charge in [0.25, 0.3) is 0 Å². The van der Waals surface area contributed by atoms with Crippen LogP contribution in [-0.2, 0) is 6.42 Å². The highest BCUT2D eigenvalue weighted by Gasteiger charge is 2.11. The highest BCUT2D eigenvalue weighted by Crippen LogP contribution is 2.31. The molecule has 0 nitrogen and oxygen atoms in total. The quantitative estimate of drug-likeness (QED) is 0.486. The number of hydrogen-bond acceptors (Lipinski definition) is 0. The molecule has 0 aliphatic heterocycles. The normalized spacial score (nSPS) is 12.5. The number of alkyl halides is 1. The largest absolute Gasteiger partial charge is 0.207 e. The number of rotatable bonds is 3. The summed E-state index contributed by atoms with van der Waals surface area (Å²) in [5.74, 6) is -0.261.